The molecule has 1 aromatic carbocycles. The molecule has 5 rings (SSSR count). The SMILES string of the molecule is C=C(N)NCc1cc2cc(Cl)ccc2[nH]1.C=Cc1ccn2ccnc2c1.CN1CCCC(N)C1. The summed E-state index contributed by atoms with van der Waals surface area (Å²) < 4.78 is 1.97. The number of imidazole rings is 1. The van der Waals surface area contributed by atoms with Crippen LogP contribution in [-0.4, -0.2) is 45.4 Å². The lowest BCUT2D eigenvalue weighted by atomic mass is 10.1. The molecule has 0 bridgehead atoms. The lowest BCUT2D eigenvalue weighted by Crippen LogP contribution is -2.40. The molecule has 4 heterocycles. The number of nitrogens with zero attached hydrogens (tertiary/aromatic N) is 3. The Morgan fingerprint density at radius 3 is 2.79 bits per heavy atom. The Balaban J connectivity index is 0.000000150. The van der Waals surface area contributed by atoms with Crippen molar-refractivity contribution in [2.45, 2.75) is 25.4 Å². The van der Waals surface area contributed by atoms with Gasteiger partial charge in [0.25, 0.3) is 0 Å². The van der Waals surface area contributed by atoms with Gasteiger partial charge < -0.3 is 31.1 Å². The second-order valence-corrected chi connectivity index (χ2v) is 8.86. The first-order valence-corrected chi connectivity index (χ1v) is 11.7. The smallest absolute Gasteiger partial charge is 0.137 e. The molecule has 180 valence electrons. The van der Waals surface area contributed by atoms with Gasteiger partial charge in [-0.05, 0) is 68.4 Å². The van der Waals surface area contributed by atoms with E-state index in [0.29, 0.717) is 18.4 Å². The lowest BCUT2D eigenvalue weighted by Gasteiger charge is -2.26. The fourth-order valence-electron chi connectivity index (χ4n) is 3.73. The molecule has 3 aromatic heterocycles. The summed E-state index contributed by atoms with van der Waals surface area (Å²) in [6, 6.07) is 12.2. The van der Waals surface area contributed by atoms with Gasteiger partial charge in [0, 0.05) is 52.8 Å². The first kappa shape index (κ1) is 25.4. The molecule has 0 saturated carbocycles. The lowest BCUT2D eigenvalue weighted by molar-refractivity contribution is 0.252. The molecule has 1 fully saturated rings. The summed E-state index contributed by atoms with van der Waals surface area (Å²) in [7, 11) is 2.12. The van der Waals surface area contributed by atoms with Crippen molar-refractivity contribution < 1.29 is 0 Å². The van der Waals surface area contributed by atoms with Crippen molar-refractivity contribution in [3.05, 3.63) is 90.2 Å². The van der Waals surface area contributed by atoms with Crippen LogP contribution in [0.2, 0.25) is 5.02 Å². The van der Waals surface area contributed by atoms with Gasteiger partial charge in [-0.2, -0.15) is 0 Å². The quantitative estimate of drug-likeness (QED) is 0.348. The third kappa shape index (κ3) is 7.66. The van der Waals surface area contributed by atoms with Crippen molar-refractivity contribution in [1.82, 2.24) is 24.6 Å². The van der Waals surface area contributed by atoms with Crippen LogP contribution in [0.5, 0.6) is 0 Å². The average Bonchev–Trinajstić information content (AvgIpc) is 3.44. The minimum Gasteiger partial charge on any atom is -0.386 e. The van der Waals surface area contributed by atoms with Gasteiger partial charge in [-0.3, -0.25) is 0 Å². The number of piperidine rings is 1. The highest BCUT2D eigenvalue weighted by Gasteiger charge is 2.11. The molecule has 1 unspecified atom stereocenters. The minimum absolute atomic E-state index is 0.439. The van der Waals surface area contributed by atoms with E-state index in [1.165, 1.54) is 19.4 Å². The highest BCUT2D eigenvalue weighted by molar-refractivity contribution is 6.31. The van der Waals surface area contributed by atoms with Gasteiger partial charge >= 0.3 is 0 Å². The van der Waals surface area contributed by atoms with Crippen LogP contribution < -0.4 is 16.8 Å². The molecule has 0 radical (unpaired) electrons. The van der Waals surface area contributed by atoms with Crippen molar-refractivity contribution in [2.75, 3.05) is 20.1 Å². The zero-order chi connectivity index (χ0) is 24.5. The number of nitrogens with one attached hydrogen (secondary N) is 2. The minimum atomic E-state index is 0.439. The van der Waals surface area contributed by atoms with E-state index in [1.54, 1.807) is 6.20 Å². The summed E-state index contributed by atoms with van der Waals surface area (Å²) in [5.74, 6) is 0.465. The first-order valence-electron chi connectivity index (χ1n) is 11.3. The fourth-order valence-corrected chi connectivity index (χ4v) is 3.91. The average molecular weight is 480 g/mol. The number of H-pyrrole nitrogens is 1. The molecule has 8 heteroatoms. The number of likely N-dealkylation sites (tertiary alicyclic amines) is 1. The molecule has 6 N–H and O–H groups in total. The summed E-state index contributed by atoms with van der Waals surface area (Å²) >= 11 is 5.89. The standard InChI is InChI=1S/C11H12ClN3.C9H8N2.C6H14N2/c1-7(13)14-6-10-5-8-4-9(12)2-3-11(8)15-10;1-2-8-3-5-11-6-4-10-9(11)7-8;1-8-4-2-3-6(7)5-8/h2-5,14-15H,1,6,13H2;2-7H,1H2;6H,2-5,7H2,1H3. The molecule has 4 aromatic rings. The number of hydrogen-bond donors (Lipinski definition) is 4. The molecule has 1 saturated heterocycles. The van der Waals surface area contributed by atoms with Crippen LogP contribution in [0.25, 0.3) is 22.6 Å². The summed E-state index contributed by atoms with van der Waals surface area (Å²) in [4.78, 5) is 9.69. The van der Waals surface area contributed by atoms with Crippen LogP contribution in [0.15, 0.2) is 74.0 Å². The fraction of sp³-hybridized carbons (Fsp3) is 0.269. The van der Waals surface area contributed by atoms with Crippen LogP contribution in [0, 0.1) is 0 Å². The summed E-state index contributed by atoms with van der Waals surface area (Å²) in [6.45, 7) is 10.2. The van der Waals surface area contributed by atoms with E-state index >= 15 is 0 Å². The van der Waals surface area contributed by atoms with E-state index in [1.807, 2.05) is 59.3 Å². The van der Waals surface area contributed by atoms with Crippen molar-refractivity contribution in [3.63, 3.8) is 0 Å². The van der Waals surface area contributed by atoms with E-state index in [4.69, 9.17) is 23.1 Å². The summed E-state index contributed by atoms with van der Waals surface area (Å²) in [6.07, 6.45) is 9.97. The number of rotatable bonds is 4. The Bertz CT molecular complexity index is 1220. The van der Waals surface area contributed by atoms with Gasteiger partial charge in [0.05, 0.1) is 12.4 Å². The summed E-state index contributed by atoms with van der Waals surface area (Å²) in [5.41, 5.74) is 15.3. The van der Waals surface area contributed by atoms with E-state index in [0.717, 1.165) is 39.4 Å². The van der Waals surface area contributed by atoms with Gasteiger partial charge in [0.2, 0.25) is 0 Å². The van der Waals surface area contributed by atoms with E-state index in [2.05, 4.69) is 40.4 Å². The number of likely N-dealkylation sites (N-methyl/N-ethyl adjacent to an activating group) is 1. The normalized spacial score (nSPS) is 15.7. The molecule has 1 aliphatic rings. The Hall–Kier alpha value is -3.26. The van der Waals surface area contributed by atoms with Crippen molar-refractivity contribution in [1.29, 1.82) is 0 Å². The second kappa shape index (κ2) is 12.3. The van der Waals surface area contributed by atoms with Crippen LogP contribution in [-0.2, 0) is 6.54 Å². The van der Waals surface area contributed by atoms with E-state index in [-0.39, 0.29) is 0 Å². The van der Waals surface area contributed by atoms with Gasteiger partial charge in [-0.1, -0.05) is 30.8 Å². The van der Waals surface area contributed by atoms with Crippen LogP contribution >= 0.6 is 11.6 Å². The Kier molecular flexibility index (Phi) is 9.16. The monoisotopic (exact) mass is 479 g/mol. The topological polar surface area (TPSA) is 100 Å². The summed E-state index contributed by atoms with van der Waals surface area (Å²) in [5, 5.41) is 4.80. The zero-order valence-electron chi connectivity index (χ0n) is 19.7. The Morgan fingerprint density at radius 1 is 1.29 bits per heavy atom. The molecule has 0 spiro atoms. The van der Waals surface area contributed by atoms with Crippen LogP contribution in [0.4, 0.5) is 0 Å². The van der Waals surface area contributed by atoms with Gasteiger partial charge in [-0.15, -0.1) is 0 Å². The maximum absolute atomic E-state index is 5.89. The van der Waals surface area contributed by atoms with Crippen LogP contribution in [0.1, 0.15) is 24.1 Å². The predicted octanol–water partition coefficient (Wildman–Crippen LogP) is 4.36. The molecule has 1 atom stereocenters. The number of nitrogens with two attached hydrogens (primary N) is 2. The maximum atomic E-state index is 5.89. The van der Waals surface area contributed by atoms with Gasteiger partial charge in [-0.25, -0.2) is 4.98 Å². The second-order valence-electron chi connectivity index (χ2n) is 8.43. The molecular formula is C26H34ClN7. The van der Waals surface area contributed by atoms with E-state index in [9.17, 15) is 0 Å². The molecular weight excluding hydrogens is 446 g/mol. The molecule has 0 amide bonds. The Labute approximate surface area is 206 Å². The van der Waals surface area contributed by atoms with Crippen LogP contribution in [0.3, 0.4) is 0 Å². The van der Waals surface area contributed by atoms with Crippen molar-refractivity contribution in [2.24, 2.45) is 11.5 Å². The molecule has 1 aliphatic heterocycles. The van der Waals surface area contributed by atoms with Gasteiger partial charge in [0.15, 0.2) is 0 Å². The van der Waals surface area contributed by atoms with Crippen molar-refractivity contribution in [3.8, 4) is 0 Å². The number of aromatic amines is 1. The van der Waals surface area contributed by atoms with E-state index < -0.39 is 0 Å². The molecule has 34 heavy (non-hydrogen) atoms. The number of hydrogen-bond acceptors (Lipinski definition) is 5. The third-order valence-corrected chi connectivity index (χ3v) is 5.70. The number of fused-ring (bicyclic) bond motifs is 2. The maximum Gasteiger partial charge on any atom is 0.137 e. The Morgan fingerprint density at radius 2 is 2.12 bits per heavy atom. The molecule has 7 nitrogen and oxygen atoms in total. The highest BCUT2D eigenvalue weighted by Crippen LogP contribution is 2.20. The number of halogens is 1. The largest absolute Gasteiger partial charge is 0.386 e. The van der Waals surface area contributed by atoms with Crippen molar-refractivity contribution >= 4 is 34.2 Å². The first-order chi connectivity index (χ1) is 16.3. The third-order valence-electron chi connectivity index (χ3n) is 5.46. The number of benzene rings is 1. The predicted molar refractivity (Wildman–Crippen MR) is 143 cm³/mol. The number of aromatic nitrogens is 3. The number of pyridine rings is 1. The highest BCUT2D eigenvalue weighted by atomic mass is 35.5. The zero-order valence-corrected chi connectivity index (χ0v) is 20.4. The van der Waals surface area contributed by atoms with Gasteiger partial charge in [0.1, 0.15) is 5.65 Å². The molecule has 0 aliphatic carbocycles.